The molecular formula is C17H15F3O2. The molecule has 0 spiro atoms. The van der Waals surface area contributed by atoms with Crippen LogP contribution < -0.4 is 4.74 Å². The van der Waals surface area contributed by atoms with Crippen molar-refractivity contribution < 1.29 is 22.7 Å². The molecule has 0 bridgehead atoms. The van der Waals surface area contributed by atoms with Crippen molar-refractivity contribution in [3.8, 4) is 16.9 Å². The minimum atomic E-state index is -4.79. The zero-order chi connectivity index (χ0) is 16.3. The van der Waals surface area contributed by atoms with Crippen LogP contribution in [0.4, 0.5) is 13.2 Å². The molecule has 0 amide bonds. The Morgan fingerprint density at radius 3 is 2.36 bits per heavy atom. The van der Waals surface area contributed by atoms with Crippen LogP contribution >= 0.6 is 0 Å². The molecular weight excluding hydrogens is 293 g/mol. The second kappa shape index (κ2) is 6.22. The molecule has 2 aromatic rings. The molecule has 0 saturated heterocycles. The first-order chi connectivity index (χ1) is 10.3. The zero-order valence-corrected chi connectivity index (χ0v) is 12.1. The molecule has 2 nitrogen and oxygen atoms in total. The van der Waals surface area contributed by atoms with E-state index in [-0.39, 0.29) is 5.56 Å². The van der Waals surface area contributed by atoms with Gasteiger partial charge in [-0.15, -0.1) is 13.2 Å². The Kier molecular flexibility index (Phi) is 4.54. The van der Waals surface area contributed by atoms with Crippen molar-refractivity contribution >= 4 is 6.29 Å². The molecule has 0 saturated carbocycles. The predicted octanol–water partition coefficient (Wildman–Crippen LogP) is 5.19. The molecule has 0 fully saturated rings. The molecule has 0 aliphatic heterocycles. The number of benzene rings is 2. The summed E-state index contributed by atoms with van der Waals surface area (Å²) in [6.07, 6.45) is -4.29. The van der Waals surface area contributed by atoms with Crippen LogP contribution in [0.1, 0.15) is 35.7 Å². The third-order valence-electron chi connectivity index (χ3n) is 3.19. The van der Waals surface area contributed by atoms with Gasteiger partial charge in [0.15, 0.2) is 0 Å². The Morgan fingerprint density at radius 1 is 1.05 bits per heavy atom. The fourth-order valence-electron chi connectivity index (χ4n) is 2.13. The lowest BCUT2D eigenvalue weighted by Gasteiger charge is -2.12. The van der Waals surface area contributed by atoms with Gasteiger partial charge in [0.2, 0.25) is 0 Å². The lowest BCUT2D eigenvalue weighted by atomic mass is 9.96. The van der Waals surface area contributed by atoms with Crippen LogP contribution in [0.5, 0.6) is 5.75 Å². The fraction of sp³-hybridized carbons (Fsp3) is 0.235. The lowest BCUT2D eigenvalue weighted by Crippen LogP contribution is -2.17. The Hall–Kier alpha value is -2.30. The van der Waals surface area contributed by atoms with Gasteiger partial charge >= 0.3 is 6.36 Å². The van der Waals surface area contributed by atoms with Gasteiger partial charge in [-0.3, -0.25) is 4.79 Å². The van der Waals surface area contributed by atoms with E-state index in [0.717, 1.165) is 17.2 Å². The average Bonchev–Trinajstić information content (AvgIpc) is 2.45. The van der Waals surface area contributed by atoms with E-state index in [4.69, 9.17) is 0 Å². The number of halogens is 3. The van der Waals surface area contributed by atoms with Gasteiger partial charge < -0.3 is 4.74 Å². The highest BCUT2D eigenvalue weighted by atomic mass is 19.4. The van der Waals surface area contributed by atoms with Gasteiger partial charge in [0, 0.05) is 5.56 Å². The van der Waals surface area contributed by atoms with Gasteiger partial charge in [0.25, 0.3) is 0 Å². The summed E-state index contributed by atoms with van der Waals surface area (Å²) in [5, 5.41) is 0. The first kappa shape index (κ1) is 16.1. The molecule has 0 atom stereocenters. The fourth-order valence-corrected chi connectivity index (χ4v) is 2.13. The van der Waals surface area contributed by atoms with E-state index in [2.05, 4.69) is 4.74 Å². The summed E-state index contributed by atoms with van der Waals surface area (Å²) in [6, 6.07) is 11.3. The van der Waals surface area contributed by atoms with Crippen LogP contribution in [0.3, 0.4) is 0 Å². The van der Waals surface area contributed by atoms with Gasteiger partial charge in [-0.2, -0.15) is 0 Å². The normalized spacial score (nSPS) is 11.5. The molecule has 2 rings (SSSR count). The minimum Gasteiger partial charge on any atom is -0.406 e. The monoisotopic (exact) mass is 308 g/mol. The van der Waals surface area contributed by atoms with Crippen LogP contribution in [0.15, 0.2) is 42.5 Å². The number of aldehydes is 1. The van der Waals surface area contributed by atoms with Gasteiger partial charge in [0.05, 0.1) is 0 Å². The Bertz CT molecular complexity index is 676. The molecule has 0 aliphatic rings. The molecule has 22 heavy (non-hydrogen) atoms. The number of alkyl halides is 3. The minimum absolute atomic E-state index is 0.131. The summed E-state index contributed by atoms with van der Waals surface area (Å²) < 4.78 is 41.0. The lowest BCUT2D eigenvalue weighted by molar-refractivity contribution is -0.274. The first-order valence-electron chi connectivity index (χ1n) is 6.75. The maximum Gasteiger partial charge on any atom is 0.573 e. The molecule has 0 aliphatic carbocycles. The van der Waals surface area contributed by atoms with E-state index in [1.807, 2.05) is 32.0 Å². The summed E-state index contributed by atoms with van der Waals surface area (Å²) >= 11 is 0. The van der Waals surface area contributed by atoms with Gasteiger partial charge in [-0.05, 0) is 40.8 Å². The number of ether oxygens (including phenoxy) is 1. The topological polar surface area (TPSA) is 26.3 Å². The van der Waals surface area contributed by atoms with Crippen molar-refractivity contribution in [1.29, 1.82) is 0 Å². The summed E-state index contributed by atoms with van der Waals surface area (Å²) in [5.74, 6) is -0.109. The van der Waals surface area contributed by atoms with Gasteiger partial charge in [0.1, 0.15) is 12.0 Å². The van der Waals surface area contributed by atoms with Crippen LogP contribution in [0, 0.1) is 0 Å². The molecule has 5 heteroatoms. The highest BCUT2D eigenvalue weighted by Gasteiger charge is 2.31. The second-order valence-corrected chi connectivity index (χ2v) is 5.24. The standard InChI is InChI=1S/C17H15F3O2/c1-11(2)13-4-3-5-14(8-13)15-6-12(10-21)7-16(9-15)22-17(18,19)20/h3-11H,1-2H3. The zero-order valence-electron chi connectivity index (χ0n) is 12.1. The van der Waals surface area contributed by atoms with Crippen LogP contribution in [0.25, 0.3) is 11.1 Å². The van der Waals surface area contributed by atoms with Gasteiger partial charge in [-0.25, -0.2) is 0 Å². The molecule has 0 aromatic heterocycles. The Balaban J connectivity index is 2.48. The highest BCUT2D eigenvalue weighted by molar-refractivity contribution is 5.80. The number of rotatable bonds is 4. The van der Waals surface area contributed by atoms with E-state index in [1.54, 1.807) is 6.07 Å². The summed E-state index contributed by atoms with van der Waals surface area (Å²) in [6.45, 7) is 4.05. The van der Waals surface area contributed by atoms with Crippen molar-refractivity contribution in [2.45, 2.75) is 26.1 Å². The average molecular weight is 308 g/mol. The third-order valence-corrected chi connectivity index (χ3v) is 3.19. The molecule has 0 unspecified atom stereocenters. The van der Waals surface area contributed by atoms with E-state index in [0.29, 0.717) is 17.8 Å². The van der Waals surface area contributed by atoms with E-state index < -0.39 is 12.1 Å². The number of carbonyl (C=O) groups excluding carboxylic acids is 1. The maximum atomic E-state index is 12.4. The Morgan fingerprint density at radius 2 is 1.77 bits per heavy atom. The van der Waals surface area contributed by atoms with E-state index in [9.17, 15) is 18.0 Å². The van der Waals surface area contributed by atoms with Crippen molar-refractivity contribution in [3.63, 3.8) is 0 Å². The van der Waals surface area contributed by atoms with Crippen LogP contribution in [-0.4, -0.2) is 12.6 Å². The molecule has 2 aromatic carbocycles. The smallest absolute Gasteiger partial charge is 0.406 e. The highest BCUT2D eigenvalue weighted by Crippen LogP contribution is 2.30. The molecule has 0 N–H and O–H groups in total. The number of carbonyl (C=O) groups is 1. The van der Waals surface area contributed by atoms with Crippen LogP contribution in [-0.2, 0) is 0 Å². The molecule has 0 radical (unpaired) electrons. The van der Waals surface area contributed by atoms with Crippen molar-refractivity contribution in [1.82, 2.24) is 0 Å². The van der Waals surface area contributed by atoms with Crippen LogP contribution in [0.2, 0.25) is 0 Å². The second-order valence-electron chi connectivity index (χ2n) is 5.24. The van der Waals surface area contributed by atoms with Gasteiger partial charge in [-0.1, -0.05) is 38.1 Å². The summed E-state index contributed by atoms with van der Waals surface area (Å²) in [7, 11) is 0. The SMILES string of the molecule is CC(C)c1cccc(-c2cc(C=O)cc(OC(F)(F)F)c2)c1. The van der Waals surface area contributed by atoms with E-state index in [1.165, 1.54) is 12.1 Å². The van der Waals surface area contributed by atoms with Crippen molar-refractivity contribution in [3.05, 3.63) is 53.6 Å². The molecule has 116 valence electrons. The van der Waals surface area contributed by atoms with Crippen molar-refractivity contribution in [2.75, 3.05) is 0 Å². The predicted molar refractivity (Wildman–Crippen MR) is 78.0 cm³/mol. The van der Waals surface area contributed by atoms with Crippen molar-refractivity contribution in [2.24, 2.45) is 0 Å². The Labute approximate surface area is 126 Å². The molecule has 0 heterocycles. The summed E-state index contributed by atoms with van der Waals surface area (Å²) in [5.41, 5.74) is 2.44. The number of hydrogen-bond donors (Lipinski definition) is 0. The summed E-state index contributed by atoms with van der Waals surface area (Å²) in [4.78, 5) is 10.9. The first-order valence-corrected chi connectivity index (χ1v) is 6.75. The maximum absolute atomic E-state index is 12.4. The quantitative estimate of drug-likeness (QED) is 0.727. The third kappa shape index (κ3) is 4.10. The number of hydrogen-bond acceptors (Lipinski definition) is 2. The largest absolute Gasteiger partial charge is 0.573 e. The van der Waals surface area contributed by atoms with E-state index >= 15 is 0 Å².